The van der Waals surface area contributed by atoms with Crippen molar-refractivity contribution < 1.29 is 9.50 Å². The van der Waals surface area contributed by atoms with Crippen molar-refractivity contribution >= 4 is 11.6 Å². The number of aliphatic hydroxyl groups is 1. The van der Waals surface area contributed by atoms with Gasteiger partial charge in [-0.2, -0.15) is 0 Å². The maximum Gasteiger partial charge on any atom is 0.123 e. The predicted octanol–water partition coefficient (Wildman–Crippen LogP) is 3.56. The van der Waals surface area contributed by atoms with Crippen LogP contribution < -0.4 is 5.73 Å². The molecule has 0 heterocycles. The number of hydrogen-bond donors (Lipinski definition) is 2. The Hall–Kier alpha value is -1.42. The van der Waals surface area contributed by atoms with Gasteiger partial charge >= 0.3 is 0 Å². The largest absolute Gasteiger partial charge is 0.388 e. The number of rotatable bonds is 4. The lowest BCUT2D eigenvalue weighted by Crippen LogP contribution is -2.20. The van der Waals surface area contributed by atoms with E-state index in [9.17, 15) is 9.50 Å². The molecule has 2 unspecified atom stereocenters. The summed E-state index contributed by atoms with van der Waals surface area (Å²) >= 11 is 5.85. The molecule has 3 N–H and O–H groups in total. The second-order valence-corrected chi connectivity index (χ2v) is 5.34. The van der Waals surface area contributed by atoms with Crippen molar-refractivity contribution in [3.05, 3.63) is 70.0 Å². The standard InChI is InChI=1S/C16H17ClFNO/c1-10-6-12(8-14(18)7-10)16(20)15(9-19)11-2-4-13(17)5-3-11/h2-8,15-16,20H,9,19H2,1H3. The summed E-state index contributed by atoms with van der Waals surface area (Å²) in [6.45, 7) is 2.05. The van der Waals surface area contributed by atoms with Crippen LogP contribution in [0.15, 0.2) is 42.5 Å². The summed E-state index contributed by atoms with van der Waals surface area (Å²) in [5, 5.41) is 11.1. The van der Waals surface area contributed by atoms with E-state index in [4.69, 9.17) is 17.3 Å². The maximum atomic E-state index is 13.5. The average Bonchev–Trinajstić information content (AvgIpc) is 2.40. The fourth-order valence-electron chi connectivity index (χ4n) is 2.32. The zero-order chi connectivity index (χ0) is 14.7. The summed E-state index contributed by atoms with van der Waals surface area (Å²) in [5.74, 6) is -0.653. The number of benzene rings is 2. The minimum atomic E-state index is -0.851. The molecule has 2 aromatic carbocycles. The van der Waals surface area contributed by atoms with Crippen LogP contribution in [0.5, 0.6) is 0 Å². The van der Waals surface area contributed by atoms with Gasteiger partial charge in [0.2, 0.25) is 0 Å². The number of halogens is 2. The first kappa shape index (κ1) is 15.0. The summed E-state index contributed by atoms with van der Waals surface area (Å²) in [6, 6.07) is 11.7. The van der Waals surface area contributed by atoms with Crippen LogP contribution in [0.3, 0.4) is 0 Å². The molecule has 0 saturated heterocycles. The van der Waals surface area contributed by atoms with Crippen LogP contribution in [0.2, 0.25) is 5.02 Å². The van der Waals surface area contributed by atoms with Gasteiger partial charge in [0.25, 0.3) is 0 Å². The van der Waals surface area contributed by atoms with Crippen molar-refractivity contribution in [1.82, 2.24) is 0 Å². The molecule has 0 saturated carbocycles. The summed E-state index contributed by atoms with van der Waals surface area (Å²) in [6.07, 6.45) is -0.851. The number of hydrogen-bond acceptors (Lipinski definition) is 2. The number of aliphatic hydroxyl groups excluding tert-OH is 1. The molecule has 0 fully saturated rings. The zero-order valence-electron chi connectivity index (χ0n) is 11.2. The Labute approximate surface area is 123 Å². The number of aryl methyl sites for hydroxylation is 1. The smallest absolute Gasteiger partial charge is 0.123 e. The Morgan fingerprint density at radius 3 is 2.35 bits per heavy atom. The molecule has 0 spiro atoms. The molecule has 0 aliphatic carbocycles. The Morgan fingerprint density at radius 2 is 1.80 bits per heavy atom. The highest BCUT2D eigenvalue weighted by atomic mass is 35.5. The molecule has 2 nitrogen and oxygen atoms in total. The van der Waals surface area contributed by atoms with Gasteiger partial charge in [-0.25, -0.2) is 4.39 Å². The Morgan fingerprint density at radius 1 is 1.15 bits per heavy atom. The lowest BCUT2D eigenvalue weighted by atomic mass is 9.88. The van der Waals surface area contributed by atoms with Crippen LogP contribution in [0.1, 0.15) is 28.7 Å². The van der Waals surface area contributed by atoms with Gasteiger partial charge in [0.1, 0.15) is 5.82 Å². The highest BCUT2D eigenvalue weighted by molar-refractivity contribution is 6.30. The Bertz CT molecular complexity index is 565. The fourth-order valence-corrected chi connectivity index (χ4v) is 2.45. The summed E-state index contributed by atoms with van der Waals surface area (Å²) in [5.41, 5.74) is 7.96. The molecule has 106 valence electrons. The monoisotopic (exact) mass is 293 g/mol. The summed E-state index contributed by atoms with van der Waals surface area (Å²) < 4.78 is 13.5. The SMILES string of the molecule is Cc1cc(F)cc(C(O)C(CN)c2ccc(Cl)cc2)c1. The van der Waals surface area contributed by atoms with Crippen LogP contribution in [0.25, 0.3) is 0 Å². The summed E-state index contributed by atoms with van der Waals surface area (Å²) in [4.78, 5) is 0. The van der Waals surface area contributed by atoms with Crippen molar-refractivity contribution in [3.8, 4) is 0 Å². The van der Waals surface area contributed by atoms with Crippen LogP contribution in [-0.2, 0) is 0 Å². The van der Waals surface area contributed by atoms with Gasteiger partial charge in [0.05, 0.1) is 6.10 Å². The Balaban J connectivity index is 2.33. The minimum absolute atomic E-state index is 0.262. The van der Waals surface area contributed by atoms with E-state index in [1.807, 2.05) is 12.1 Å². The van der Waals surface area contributed by atoms with Gasteiger partial charge in [-0.05, 0) is 47.9 Å². The van der Waals surface area contributed by atoms with Crippen LogP contribution in [0.4, 0.5) is 4.39 Å². The number of nitrogens with two attached hydrogens (primary N) is 1. The molecule has 0 aliphatic rings. The highest BCUT2D eigenvalue weighted by Crippen LogP contribution is 2.31. The third kappa shape index (κ3) is 3.37. The normalized spacial score (nSPS) is 14.1. The van der Waals surface area contributed by atoms with Crippen molar-refractivity contribution in [1.29, 1.82) is 0 Å². The fraction of sp³-hybridized carbons (Fsp3) is 0.250. The molecule has 0 amide bonds. The molecule has 0 bridgehead atoms. The topological polar surface area (TPSA) is 46.2 Å². The van der Waals surface area contributed by atoms with E-state index in [2.05, 4.69) is 0 Å². The van der Waals surface area contributed by atoms with E-state index in [-0.39, 0.29) is 18.3 Å². The lowest BCUT2D eigenvalue weighted by molar-refractivity contribution is 0.147. The molecular formula is C16H17ClFNO. The van der Waals surface area contributed by atoms with Crippen molar-refractivity contribution in [3.63, 3.8) is 0 Å². The molecule has 20 heavy (non-hydrogen) atoms. The Kier molecular flexibility index (Phi) is 4.76. The first-order chi connectivity index (χ1) is 9.51. The van der Waals surface area contributed by atoms with Gasteiger partial charge in [-0.3, -0.25) is 0 Å². The van der Waals surface area contributed by atoms with E-state index < -0.39 is 6.10 Å². The first-order valence-electron chi connectivity index (χ1n) is 6.42. The molecule has 0 radical (unpaired) electrons. The van der Waals surface area contributed by atoms with E-state index in [1.54, 1.807) is 25.1 Å². The molecule has 4 heteroatoms. The molecule has 2 rings (SSSR count). The second kappa shape index (κ2) is 6.35. The van der Waals surface area contributed by atoms with E-state index >= 15 is 0 Å². The molecule has 2 aromatic rings. The van der Waals surface area contributed by atoms with Gasteiger partial charge < -0.3 is 10.8 Å². The van der Waals surface area contributed by atoms with Crippen LogP contribution >= 0.6 is 11.6 Å². The van der Waals surface area contributed by atoms with Crippen molar-refractivity contribution in [2.24, 2.45) is 5.73 Å². The third-order valence-corrected chi connectivity index (χ3v) is 3.59. The second-order valence-electron chi connectivity index (χ2n) is 4.90. The van der Waals surface area contributed by atoms with Gasteiger partial charge in [-0.15, -0.1) is 0 Å². The summed E-state index contributed by atoms with van der Waals surface area (Å²) in [7, 11) is 0. The van der Waals surface area contributed by atoms with Crippen molar-refractivity contribution in [2.45, 2.75) is 18.9 Å². The predicted molar refractivity (Wildman–Crippen MR) is 79.3 cm³/mol. The van der Waals surface area contributed by atoms with Crippen LogP contribution in [-0.4, -0.2) is 11.7 Å². The molecule has 2 atom stereocenters. The third-order valence-electron chi connectivity index (χ3n) is 3.34. The maximum absolute atomic E-state index is 13.5. The van der Waals surface area contributed by atoms with Gasteiger partial charge in [0, 0.05) is 17.5 Å². The van der Waals surface area contributed by atoms with Crippen LogP contribution in [0, 0.1) is 12.7 Å². The lowest BCUT2D eigenvalue weighted by Gasteiger charge is -2.22. The molecular weight excluding hydrogens is 277 g/mol. The zero-order valence-corrected chi connectivity index (χ0v) is 11.9. The quantitative estimate of drug-likeness (QED) is 0.905. The van der Waals surface area contributed by atoms with Gasteiger partial charge in [-0.1, -0.05) is 29.8 Å². The van der Waals surface area contributed by atoms with E-state index in [0.717, 1.165) is 11.1 Å². The van der Waals surface area contributed by atoms with Crippen molar-refractivity contribution in [2.75, 3.05) is 6.54 Å². The van der Waals surface area contributed by atoms with Gasteiger partial charge in [0.15, 0.2) is 0 Å². The highest BCUT2D eigenvalue weighted by Gasteiger charge is 2.22. The molecule has 0 aliphatic heterocycles. The van der Waals surface area contributed by atoms with E-state index in [1.165, 1.54) is 12.1 Å². The average molecular weight is 294 g/mol. The minimum Gasteiger partial charge on any atom is -0.388 e. The first-order valence-corrected chi connectivity index (χ1v) is 6.79. The van der Waals surface area contributed by atoms with E-state index in [0.29, 0.717) is 10.6 Å². The molecule has 0 aromatic heterocycles.